The molecule has 0 aliphatic heterocycles. The Morgan fingerprint density at radius 2 is 0.558 bits per heavy atom. The van der Waals surface area contributed by atoms with Gasteiger partial charge in [-0.3, -0.25) is 0 Å². The van der Waals surface area contributed by atoms with Crippen molar-refractivity contribution in [1.82, 2.24) is 45.0 Å². The van der Waals surface area contributed by atoms with Gasteiger partial charge >= 0.3 is 20.1 Å². The molecular weight excluding hydrogens is 823 g/mol. The zero-order chi connectivity index (χ0) is 35.5. The van der Waals surface area contributed by atoms with Crippen molar-refractivity contribution in [2.75, 3.05) is 0 Å². The third-order valence-electron chi connectivity index (χ3n) is 8.96. The number of aromatic nitrogens is 9. The molecule has 0 spiro atoms. The average Bonchev–Trinajstić information content (AvgIpc) is 3.89. The molecule has 0 fully saturated rings. The minimum absolute atomic E-state index is 0. The van der Waals surface area contributed by atoms with E-state index < -0.39 is 0 Å². The molecule has 9 nitrogen and oxygen atoms in total. The molecule has 0 saturated carbocycles. The Hall–Kier alpha value is -5.83. The summed E-state index contributed by atoms with van der Waals surface area (Å²) in [5.41, 5.74) is 15.3. The van der Waals surface area contributed by atoms with Gasteiger partial charge in [0.25, 0.3) is 0 Å². The Kier molecular flexibility index (Phi) is 10.8. The molecule has 9 aromatic rings. The number of nitrogens with zero attached hydrogens (tertiary/aromatic N) is 9. The van der Waals surface area contributed by atoms with Gasteiger partial charge in [0.15, 0.2) is 0 Å². The molecule has 0 amide bonds. The summed E-state index contributed by atoms with van der Waals surface area (Å²) in [6, 6.07) is 45.0. The summed E-state index contributed by atoms with van der Waals surface area (Å²) in [4.78, 5) is 4.98. The molecule has 0 aliphatic carbocycles. The van der Waals surface area contributed by atoms with Gasteiger partial charge in [-0.1, -0.05) is 77.9 Å². The molecule has 0 N–H and O–H groups in total. The predicted octanol–water partition coefficient (Wildman–Crippen LogP) is 8.51. The molecule has 258 valence electrons. The molecule has 52 heavy (non-hydrogen) atoms. The van der Waals surface area contributed by atoms with E-state index in [0.29, 0.717) is 0 Å². The molecule has 0 unspecified atom stereocenters. The summed E-state index contributed by atoms with van der Waals surface area (Å²) < 4.78 is 0. The van der Waals surface area contributed by atoms with Gasteiger partial charge in [0, 0.05) is 0 Å². The standard InChI is InChI=1S/3C14H12N3.Ir/c3*1-10-6-5-9-14(11(10)2)17-15-12-7-3-4-8-13(12)16-17;/h3*3-8H,1-2H3;/q3*-1;+3. The Labute approximate surface area is 316 Å². The first-order chi connectivity index (χ1) is 24.8. The van der Waals surface area contributed by atoms with Crippen molar-refractivity contribution in [2.45, 2.75) is 41.5 Å². The van der Waals surface area contributed by atoms with Crippen molar-refractivity contribution in [2.24, 2.45) is 0 Å². The fourth-order valence-electron chi connectivity index (χ4n) is 5.50. The Balaban J connectivity index is 0.000000133. The first-order valence-electron chi connectivity index (χ1n) is 16.7. The summed E-state index contributed by atoms with van der Waals surface area (Å²) in [5.74, 6) is 0. The van der Waals surface area contributed by atoms with E-state index in [1.807, 2.05) is 109 Å². The van der Waals surface area contributed by atoms with Gasteiger partial charge in [-0.05, 0) is 53.5 Å². The number of hydrogen-bond acceptors (Lipinski definition) is 6. The summed E-state index contributed by atoms with van der Waals surface area (Å²) in [6.07, 6.45) is 0. The van der Waals surface area contributed by atoms with Crippen LogP contribution in [0.4, 0.5) is 0 Å². The van der Waals surface area contributed by atoms with Gasteiger partial charge in [-0.2, -0.15) is 116 Å². The predicted molar refractivity (Wildman–Crippen MR) is 202 cm³/mol. The molecule has 3 heterocycles. The minimum Gasteiger partial charge on any atom is -0.175 e. The maximum absolute atomic E-state index is 4.46. The zero-order valence-corrected chi connectivity index (χ0v) is 32.1. The summed E-state index contributed by atoms with van der Waals surface area (Å²) in [6.45, 7) is 12.4. The van der Waals surface area contributed by atoms with Gasteiger partial charge in [-0.25, -0.2) is 0 Å². The van der Waals surface area contributed by atoms with Crippen LogP contribution in [0, 0.1) is 59.7 Å². The van der Waals surface area contributed by atoms with E-state index in [2.05, 4.69) is 90.3 Å². The maximum atomic E-state index is 4.46. The van der Waals surface area contributed by atoms with Crippen LogP contribution in [-0.4, -0.2) is 45.0 Å². The maximum Gasteiger partial charge on any atom is 3.00 e. The van der Waals surface area contributed by atoms with Crippen molar-refractivity contribution in [3.63, 3.8) is 0 Å². The van der Waals surface area contributed by atoms with Crippen molar-refractivity contribution < 1.29 is 20.1 Å². The molecule has 0 atom stereocenters. The van der Waals surface area contributed by atoms with Crippen LogP contribution in [0.15, 0.2) is 109 Å². The van der Waals surface area contributed by atoms with Crippen molar-refractivity contribution in [1.29, 1.82) is 0 Å². The first kappa shape index (κ1) is 36.0. The van der Waals surface area contributed by atoms with Crippen LogP contribution in [0.25, 0.3) is 50.2 Å². The van der Waals surface area contributed by atoms with Gasteiger partial charge < -0.3 is 0 Å². The molecule has 0 bridgehead atoms. The normalized spacial score (nSPS) is 10.7. The fourth-order valence-corrected chi connectivity index (χ4v) is 5.50. The number of benzene rings is 6. The second kappa shape index (κ2) is 15.6. The van der Waals surface area contributed by atoms with Crippen LogP contribution in [0.1, 0.15) is 33.4 Å². The third-order valence-corrected chi connectivity index (χ3v) is 8.96. The van der Waals surface area contributed by atoms with Crippen molar-refractivity contribution >= 4 is 33.1 Å². The number of fused-ring (bicyclic) bond motifs is 3. The van der Waals surface area contributed by atoms with Crippen LogP contribution in [-0.2, 0) is 20.1 Å². The van der Waals surface area contributed by atoms with Crippen molar-refractivity contribution in [3.8, 4) is 17.1 Å². The van der Waals surface area contributed by atoms with E-state index in [4.69, 9.17) is 0 Å². The molecule has 0 saturated heterocycles. The third kappa shape index (κ3) is 7.44. The van der Waals surface area contributed by atoms with Crippen LogP contribution < -0.4 is 0 Å². The van der Waals surface area contributed by atoms with Crippen LogP contribution in [0.5, 0.6) is 0 Å². The molecule has 10 heteroatoms. The summed E-state index contributed by atoms with van der Waals surface area (Å²) in [5, 5.41) is 26.8. The Bertz CT molecular complexity index is 2250. The summed E-state index contributed by atoms with van der Waals surface area (Å²) >= 11 is 0. The number of aryl methyl sites for hydroxylation is 3. The van der Waals surface area contributed by atoms with E-state index in [9.17, 15) is 0 Å². The van der Waals surface area contributed by atoms with Gasteiger partial charge in [0.1, 0.15) is 33.1 Å². The number of hydrogen-bond donors (Lipinski definition) is 0. The second-order valence-corrected chi connectivity index (χ2v) is 12.3. The minimum atomic E-state index is 0. The van der Waals surface area contributed by atoms with Crippen LogP contribution in [0.3, 0.4) is 0 Å². The fraction of sp³-hybridized carbons (Fsp3) is 0.143. The molecule has 6 aromatic carbocycles. The van der Waals surface area contributed by atoms with Gasteiger partial charge in [0.2, 0.25) is 0 Å². The summed E-state index contributed by atoms with van der Waals surface area (Å²) in [7, 11) is 0. The zero-order valence-electron chi connectivity index (χ0n) is 29.8. The van der Waals surface area contributed by atoms with E-state index in [1.54, 1.807) is 14.4 Å². The van der Waals surface area contributed by atoms with Crippen molar-refractivity contribution in [3.05, 3.63) is 161 Å². The topological polar surface area (TPSA) is 92.1 Å². The smallest absolute Gasteiger partial charge is 0.175 e. The monoisotopic (exact) mass is 859 g/mol. The first-order valence-corrected chi connectivity index (χ1v) is 16.7. The van der Waals surface area contributed by atoms with E-state index >= 15 is 0 Å². The molecule has 3 aromatic heterocycles. The SMILES string of the molecule is Cc1cc[c-]c(-n2nc3ccccc3n2)c1C.Cc1cc[c-]c(-n2nc3ccccc3n2)c1C.Cc1cc[c-]c(-n2nc3ccccc3n2)c1C.[Ir+3]. The quantitative estimate of drug-likeness (QED) is 0.166. The average molecular weight is 859 g/mol. The number of rotatable bonds is 3. The van der Waals surface area contributed by atoms with Gasteiger partial charge in [-0.15, -0.1) is 16.7 Å². The van der Waals surface area contributed by atoms with Crippen LogP contribution >= 0.6 is 0 Å². The molecule has 9 rings (SSSR count). The van der Waals surface area contributed by atoms with Crippen LogP contribution in [0.2, 0.25) is 0 Å². The van der Waals surface area contributed by atoms with E-state index in [1.165, 1.54) is 16.7 Å². The molecule has 0 radical (unpaired) electrons. The Morgan fingerprint density at radius 1 is 0.346 bits per heavy atom. The Morgan fingerprint density at radius 3 is 0.769 bits per heavy atom. The van der Waals surface area contributed by atoms with E-state index in [0.717, 1.165) is 66.9 Å². The van der Waals surface area contributed by atoms with E-state index in [-0.39, 0.29) is 20.1 Å². The van der Waals surface area contributed by atoms with Gasteiger partial charge in [0.05, 0.1) is 0 Å². The second-order valence-electron chi connectivity index (χ2n) is 12.3. The largest absolute Gasteiger partial charge is 3.00 e. The molecule has 0 aliphatic rings. The molecular formula is C42H36IrN9.